The molecule has 1 aromatic carbocycles. The molecule has 1 aromatic rings. The maximum Gasteiger partial charge on any atom is 0.269 e. The summed E-state index contributed by atoms with van der Waals surface area (Å²) in [5.74, 6) is 0. The van der Waals surface area contributed by atoms with Gasteiger partial charge in [0.15, 0.2) is 0 Å². The van der Waals surface area contributed by atoms with Crippen LogP contribution < -0.4 is 5.32 Å². The van der Waals surface area contributed by atoms with Gasteiger partial charge in [0, 0.05) is 37.0 Å². The van der Waals surface area contributed by atoms with Gasteiger partial charge in [0.25, 0.3) is 5.69 Å². The first kappa shape index (κ1) is 13.4. The standard InChI is InChI=1S/C12H19N3O2/c1-10(2)14(3)9-8-13-11-4-6-12(7-5-11)15(16)17/h4-7,10,13H,8-9H2,1-3H3. The third-order valence-electron chi connectivity index (χ3n) is 2.75. The van der Waals surface area contributed by atoms with E-state index in [1.807, 2.05) is 0 Å². The summed E-state index contributed by atoms with van der Waals surface area (Å²) in [6, 6.07) is 7.00. The Labute approximate surface area is 102 Å². The molecular formula is C12H19N3O2. The minimum Gasteiger partial charge on any atom is -0.384 e. The Hall–Kier alpha value is -1.62. The summed E-state index contributed by atoms with van der Waals surface area (Å²) in [6.45, 7) is 6.05. The number of nitro benzene ring substituents is 1. The number of nitrogens with zero attached hydrogens (tertiary/aromatic N) is 2. The molecule has 1 N–H and O–H groups in total. The number of hydrogen-bond donors (Lipinski definition) is 1. The molecule has 5 nitrogen and oxygen atoms in total. The molecule has 5 heteroatoms. The Morgan fingerprint density at radius 3 is 2.41 bits per heavy atom. The highest BCUT2D eigenvalue weighted by Crippen LogP contribution is 2.14. The molecule has 0 heterocycles. The predicted octanol–water partition coefficient (Wildman–Crippen LogP) is 2.35. The van der Waals surface area contributed by atoms with Gasteiger partial charge in [-0.3, -0.25) is 10.1 Å². The number of nitro groups is 1. The number of nitrogens with one attached hydrogen (secondary N) is 1. The van der Waals surface area contributed by atoms with Crippen LogP contribution in [0.4, 0.5) is 11.4 Å². The molecule has 0 unspecified atom stereocenters. The highest BCUT2D eigenvalue weighted by Gasteiger charge is 2.04. The van der Waals surface area contributed by atoms with E-state index in [0.717, 1.165) is 18.8 Å². The first-order valence-corrected chi connectivity index (χ1v) is 5.69. The van der Waals surface area contributed by atoms with Crippen LogP contribution in [-0.4, -0.2) is 36.0 Å². The molecule has 0 radical (unpaired) electrons. The van der Waals surface area contributed by atoms with Crippen molar-refractivity contribution in [1.29, 1.82) is 0 Å². The van der Waals surface area contributed by atoms with Gasteiger partial charge < -0.3 is 10.2 Å². The first-order valence-electron chi connectivity index (χ1n) is 5.69. The second-order valence-corrected chi connectivity index (χ2v) is 4.31. The van der Waals surface area contributed by atoms with Gasteiger partial charge >= 0.3 is 0 Å². The summed E-state index contributed by atoms with van der Waals surface area (Å²) in [5, 5.41) is 13.7. The van der Waals surface area contributed by atoms with Crippen molar-refractivity contribution < 1.29 is 4.92 Å². The summed E-state index contributed by atoms with van der Waals surface area (Å²) in [6.07, 6.45) is 0. The zero-order valence-electron chi connectivity index (χ0n) is 10.5. The molecule has 0 aliphatic rings. The van der Waals surface area contributed by atoms with E-state index >= 15 is 0 Å². The molecule has 17 heavy (non-hydrogen) atoms. The number of benzene rings is 1. The van der Waals surface area contributed by atoms with Crippen molar-refractivity contribution in [2.75, 3.05) is 25.5 Å². The lowest BCUT2D eigenvalue weighted by atomic mass is 10.3. The van der Waals surface area contributed by atoms with Gasteiger partial charge in [-0.25, -0.2) is 0 Å². The maximum atomic E-state index is 10.5. The number of hydrogen-bond acceptors (Lipinski definition) is 4. The lowest BCUT2D eigenvalue weighted by Gasteiger charge is -2.21. The van der Waals surface area contributed by atoms with Crippen molar-refractivity contribution in [1.82, 2.24) is 4.90 Å². The Morgan fingerprint density at radius 2 is 1.94 bits per heavy atom. The van der Waals surface area contributed by atoms with E-state index in [0.29, 0.717) is 6.04 Å². The molecule has 0 saturated heterocycles. The zero-order valence-corrected chi connectivity index (χ0v) is 10.5. The van der Waals surface area contributed by atoms with Gasteiger partial charge in [0.05, 0.1) is 4.92 Å². The number of anilines is 1. The zero-order chi connectivity index (χ0) is 12.8. The normalized spacial score (nSPS) is 10.9. The number of rotatable bonds is 6. The van der Waals surface area contributed by atoms with Crippen molar-refractivity contribution in [2.24, 2.45) is 0 Å². The molecule has 0 atom stereocenters. The van der Waals surface area contributed by atoms with Crippen LogP contribution in [-0.2, 0) is 0 Å². The average Bonchev–Trinajstić information content (AvgIpc) is 2.29. The van der Waals surface area contributed by atoms with Gasteiger partial charge in [0.1, 0.15) is 0 Å². The third-order valence-corrected chi connectivity index (χ3v) is 2.75. The third kappa shape index (κ3) is 4.40. The summed E-state index contributed by atoms with van der Waals surface area (Å²) < 4.78 is 0. The second kappa shape index (κ2) is 6.20. The molecule has 0 aliphatic carbocycles. The fraction of sp³-hybridized carbons (Fsp3) is 0.500. The molecule has 94 valence electrons. The van der Waals surface area contributed by atoms with Crippen molar-refractivity contribution in [3.63, 3.8) is 0 Å². The summed E-state index contributed by atoms with van der Waals surface area (Å²) in [5.41, 5.74) is 1.03. The Balaban J connectivity index is 2.40. The topological polar surface area (TPSA) is 58.4 Å². The molecule has 1 rings (SSSR count). The Morgan fingerprint density at radius 1 is 1.35 bits per heavy atom. The molecule has 0 spiro atoms. The van der Waals surface area contributed by atoms with Crippen LogP contribution >= 0.6 is 0 Å². The lowest BCUT2D eigenvalue weighted by molar-refractivity contribution is -0.384. The molecule has 0 aromatic heterocycles. The fourth-order valence-electron chi connectivity index (χ4n) is 1.34. The van der Waals surface area contributed by atoms with E-state index in [2.05, 4.69) is 31.1 Å². The first-order chi connectivity index (χ1) is 8.00. The van der Waals surface area contributed by atoms with Gasteiger partial charge in [-0.15, -0.1) is 0 Å². The van der Waals surface area contributed by atoms with E-state index in [1.165, 1.54) is 12.1 Å². The highest BCUT2D eigenvalue weighted by molar-refractivity contribution is 5.48. The fourth-order valence-corrected chi connectivity index (χ4v) is 1.34. The van der Waals surface area contributed by atoms with E-state index in [1.54, 1.807) is 12.1 Å². The maximum absolute atomic E-state index is 10.5. The predicted molar refractivity (Wildman–Crippen MR) is 69.4 cm³/mol. The highest BCUT2D eigenvalue weighted by atomic mass is 16.6. The quantitative estimate of drug-likeness (QED) is 0.609. The van der Waals surface area contributed by atoms with Crippen LogP contribution in [0.15, 0.2) is 24.3 Å². The van der Waals surface area contributed by atoms with Gasteiger partial charge in [-0.2, -0.15) is 0 Å². The van der Waals surface area contributed by atoms with E-state index < -0.39 is 4.92 Å². The van der Waals surface area contributed by atoms with Crippen LogP contribution in [0.5, 0.6) is 0 Å². The summed E-state index contributed by atoms with van der Waals surface area (Å²) >= 11 is 0. The van der Waals surface area contributed by atoms with Gasteiger partial charge in [-0.05, 0) is 33.0 Å². The van der Waals surface area contributed by atoms with Crippen molar-refractivity contribution in [3.8, 4) is 0 Å². The van der Waals surface area contributed by atoms with Crippen molar-refractivity contribution in [2.45, 2.75) is 19.9 Å². The summed E-state index contributed by atoms with van der Waals surface area (Å²) in [4.78, 5) is 12.3. The molecule has 0 aliphatic heterocycles. The van der Waals surface area contributed by atoms with E-state index in [-0.39, 0.29) is 5.69 Å². The second-order valence-electron chi connectivity index (χ2n) is 4.31. The molecule has 0 fully saturated rings. The van der Waals surface area contributed by atoms with E-state index in [9.17, 15) is 10.1 Å². The Kier molecular flexibility index (Phi) is 4.90. The van der Waals surface area contributed by atoms with Crippen LogP contribution in [0.2, 0.25) is 0 Å². The summed E-state index contributed by atoms with van der Waals surface area (Å²) in [7, 11) is 2.07. The number of non-ortho nitro benzene ring substituents is 1. The largest absolute Gasteiger partial charge is 0.384 e. The smallest absolute Gasteiger partial charge is 0.269 e. The van der Waals surface area contributed by atoms with Gasteiger partial charge in [0.2, 0.25) is 0 Å². The minimum atomic E-state index is -0.393. The molecule has 0 amide bonds. The van der Waals surface area contributed by atoms with Crippen LogP contribution in [0, 0.1) is 10.1 Å². The van der Waals surface area contributed by atoms with Crippen LogP contribution in [0.3, 0.4) is 0 Å². The molecule has 0 bridgehead atoms. The van der Waals surface area contributed by atoms with Crippen LogP contribution in [0.1, 0.15) is 13.8 Å². The average molecular weight is 237 g/mol. The number of likely N-dealkylation sites (N-methyl/N-ethyl adjacent to an activating group) is 1. The van der Waals surface area contributed by atoms with Crippen molar-refractivity contribution in [3.05, 3.63) is 34.4 Å². The molecule has 0 saturated carbocycles. The van der Waals surface area contributed by atoms with Gasteiger partial charge in [-0.1, -0.05) is 0 Å². The minimum absolute atomic E-state index is 0.120. The monoisotopic (exact) mass is 237 g/mol. The molecular weight excluding hydrogens is 218 g/mol. The Bertz CT molecular complexity index is 363. The van der Waals surface area contributed by atoms with Crippen molar-refractivity contribution >= 4 is 11.4 Å². The van der Waals surface area contributed by atoms with E-state index in [4.69, 9.17) is 0 Å². The SMILES string of the molecule is CC(C)N(C)CCNc1ccc([N+](=O)[O-])cc1. The lowest BCUT2D eigenvalue weighted by Crippen LogP contribution is -2.31. The van der Waals surface area contributed by atoms with Crippen LogP contribution in [0.25, 0.3) is 0 Å².